The normalized spacial score (nSPS) is 49.0. The number of hydrogen-bond donors (Lipinski definition) is 0. The predicted molar refractivity (Wildman–Crippen MR) is 90.8 cm³/mol. The van der Waals surface area contributed by atoms with Crippen LogP contribution in [-0.2, 0) is 9.59 Å². The topological polar surface area (TPSA) is 34.1 Å². The summed E-state index contributed by atoms with van der Waals surface area (Å²) in [4.78, 5) is 24.1. The van der Waals surface area contributed by atoms with Gasteiger partial charge in [0.05, 0.1) is 0 Å². The maximum absolute atomic E-state index is 12.1. The molecule has 0 aromatic carbocycles. The van der Waals surface area contributed by atoms with Crippen molar-refractivity contribution in [3.05, 3.63) is 11.6 Å². The SMILES string of the molecule is CC(=O)[C@H]1CC[C@H]2[C@@H]3CCC4=CC(=O)C[C@@H](C)[C@@H]4[C@H]3CC[C@]12C. The maximum atomic E-state index is 12.1. The monoisotopic (exact) mass is 314 g/mol. The van der Waals surface area contributed by atoms with Crippen LogP contribution in [0.5, 0.6) is 0 Å². The Morgan fingerprint density at radius 2 is 1.96 bits per heavy atom. The summed E-state index contributed by atoms with van der Waals surface area (Å²) in [6, 6.07) is 0. The molecule has 0 heterocycles. The summed E-state index contributed by atoms with van der Waals surface area (Å²) in [7, 11) is 0. The maximum Gasteiger partial charge on any atom is 0.155 e. The van der Waals surface area contributed by atoms with Crippen molar-refractivity contribution >= 4 is 11.6 Å². The molecule has 0 aromatic heterocycles. The number of Topliss-reactive ketones (excluding diaryl/α,β-unsaturated/α-hetero) is 1. The molecule has 0 saturated heterocycles. The van der Waals surface area contributed by atoms with Crippen LogP contribution in [0.25, 0.3) is 0 Å². The van der Waals surface area contributed by atoms with Gasteiger partial charge in [0.2, 0.25) is 0 Å². The van der Waals surface area contributed by atoms with E-state index in [2.05, 4.69) is 13.8 Å². The molecular weight excluding hydrogens is 284 g/mol. The van der Waals surface area contributed by atoms with Crippen LogP contribution in [0.3, 0.4) is 0 Å². The van der Waals surface area contributed by atoms with Crippen LogP contribution < -0.4 is 0 Å². The molecule has 3 fully saturated rings. The highest BCUT2D eigenvalue weighted by Gasteiger charge is 2.57. The lowest BCUT2D eigenvalue weighted by atomic mass is 9.50. The molecule has 7 atom stereocenters. The first-order valence-corrected chi connectivity index (χ1v) is 9.65. The predicted octanol–water partition coefficient (Wildman–Crippen LogP) is 4.58. The molecule has 0 spiro atoms. The Bertz CT molecular complexity index is 574. The Hall–Kier alpha value is -0.920. The molecule has 2 nitrogen and oxygen atoms in total. The van der Waals surface area contributed by atoms with Crippen molar-refractivity contribution in [3.8, 4) is 0 Å². The standard InChI is InChI=1S/C21H30O2/c1-12-10-15(23)11-14-4-5-16-17(20(12)14)8-9-21(3)18(13(2)22)6-7-19(16)21/h11-12,16-20H,4-10H2,1-3H3/t12-,16-,17+,18-,19+,20+,21-/m1/s1. The number of allylic oxidation sites excluding steroid dienone is 1. The van der Waals surface area contributed by atoms with Gasteiger partial charge in [-0.25, -0.2) is 0 Å². The van der Waals surface area contributed by atoms with Crippen molar-refractivity contribution in [2.24, 2.45) is 40.9 Å². The summed E-state index contributed by atoms with van der Waals surface area (Å²) in [6.45, 7) is 6.51. The molecule has 0 amide bonds. The fourth-order valence-corrected chi connectivity index (χ4v) is 7.29. The summed E-state index contributed by atoms with van der Waals surface area (Å²) < 4.78 is 0. The lowest BCUT2D eigenvalue weighted by molar-refractivity contribution is -0.127. The number of fused-ring (bicyclic) bond motifs is 5. The molecule has 0 N–H and O–H groups in total. The third-order valence-electron chi connectivity index (χ3n) is 8.12. The first-order chi connectivity index (χ1) is 10.9. The fourth-order valence-electron chi connectivity index (χ4n) is 7.29. The van der Waals surface area contributed by atoms with E-state index in [1.54, 1.807) is 6.92 Å². The van der Waals surface area contributed by atoms with Crippen LogP contribution in [0.4, 0.5) is 0 Å². The highest BCUT2D eigenvalue weighted by Crippen LogP contribution is 2.64. The Morgan fingerprint density at radius 3 is 2.70 bits per heavy atom. The second kappa shape index (κ2) is 5.29. The molecule has 0 bridgehead atoms. The first kappa shape index (κ1) is 15.6. The smallest absolute Gasteiger partial charge is 0.155 e. The van der Waals surface area contributed by atoms with Gasteiger partial charge in [0.1, 0.15) is 5.78 Å². The minimum absolute atomic E-state index is 0.252. The van der Waals surface area contributed by atoms with Gasteiger partial charge in [0.15, 0.2) is 5.78 Å². The van der Waals surface area contributed by atoms with Crippen molar-refractivity contribution in [2.45, 2.75) is 65.7 Å². The lowest BCUT2D eigenvalue weighted by Crippen LogP contribution is -2.48. The molecule has 4 aliphatic carbocycles. The fraction of sp³-hybridized carbons (Fsp3) is 0.810. The Balaban J connectivity index is 1.64. The number of carbonyl (C=O) groups is 2. The summed E-state index contributed by atoms with van der Waals surface area (Å²) in [5.41, 5.74) is 1.71. The van der Waals surface area contributed by atoms with E-state index in [1.807, 2.05) is 6.08 Å². The molecular formula is C21H30O2. The van der Waals surface area contributed by atoms with Crippen molar-refractivity contribution < 1.29 is 9.59 Å². The zero-order valence-electron chi connectivity index (χ0n) is 14.8. The van der Waals surface area contributed by atoms with Gasteiger partial charge in [0.25, 0.3) is 0 Å². The van der Waals surface area contributed by atoms with Crippen LogP contribution >= 0.6 is 0 Å². The van der Waals surface area contributed by atoms with Crippen molar-refractivity contribution in [1.29, 1.82) is 0 Å². The number of rotatable bonds is 1. The third-order valence-corrected chi connectivity index (χ3v) is 8.12. The molecule has 0 unspecified atom stereocenters. The molecule has 2 heteroatoms. The average molecular weight is 314 g/mol. The summed E-state index contributed by atoms with van der Waals surface area (Å²) in [6.07, 6.45) is 9.95. The number of hydrogen-bond acceptors (Lipinski definition) is 2. The van der Waals surface area contributed by atoms with Gasteiger partial charge < -0.3 is 0 Å². The van der Waals surface area contributed by atoms with Gasteiger partial charge in [-0.1, -0.05) is 19.4 Å². The molecule has 126 valence electrons. The van der Waals surface area contributed by atoms with Crippen LogP contribution in [0, 0.1) is 40.9 Å². The summed E-state index contributed by atoms with van der Waals surface area (Å²) in [5, 5.41) is 0. The van der Waals surface area contributed by atoms with E-state index in [0.717, 1.165) is 37.0 Å². The average Bonchev–Trinajstić information content (AvgIpc) is 2.83. The van der Waals surface area contributed by atoms with Crippen molar-refractivity contribution in [1.82, 2.24) is 0 Å². The van der Waals surface area contributed by atoms with Crippen LogP contribution in [0.1, 0.15) is 65.7 Å². The van der Waals surface area contributed by atoms with Crippen molar-refractivity contribution in [3.63, 3.8) is 0 Å². The zero-order valence-corrected chi connectivity index (χ0v) is 14.8. The van der Waals surface area contributed by atoms with E-state index in [9.17, 15) is 9.59 Å². The molecule has 0 radical (unpaired) electrons. The highest BCUT2D eigenvalue weighted by molar-refractivity contribution is 5.91. The van der Waals surface area contributed by atoms with Gasteiger partial charge in [-0.05, 0) is 86.5 Å². The van der Waals surface area contributed by atoms with Crippen LogP contribution in [-0.4, -0.2) is 11.6 Å². The second-order valence-corrected chi connectivity index (χ2v) is 9.15. The van der Waals surface area contributed by atoms with E-state index in [1.165, 1.54) is 31.3 Å². The zero-order chi connectivity index (χ0) is 16.4. The van der Waals surface area contributed by atoms with Gasteiger partial charge in [-0.2, -0.15) is 0 Å². The van der Waals surface area contributed by atoms with E-state index in [4.69, 9.17) is 0 Å². The molecule has 0 aromatic rings. The quantitative estimate of drug-likeness (QED) is 0.710. The van der Waals surface area contributed by atoms with Crippen LogP contribution in [0.2, 0.25) is 0 Å². The minimum atomic E-state index is 0.252. The Morgan fingerprint density at radius 1 is 1.17 bits per heavy atom. The molecule has 3 saturated carbocycles. The first-order valence-electron chi connectivity index (χ1n) is 9.65. The largest absolute Gasteiger partial charge is 0.300 e. The summed E-state index contributed by atoms with van der Waals surface area (Å²) >= 11 is 0. The Labute approximate surface area is 140 Å². The lowest BCUT2D eigenvalue weighted by Gasteiger charge is -2.55. The van der Waals surface area contributed by atoms with Gasteiger partial charge in [-0.3, -0.25) is 9.59 Å². The second-order valence-electron chi connectivity index (χ2n) is 9.15. The van der Waals surface area contributed by atoms with E-state index >= 15 is 0 Å². The van der Waals surface area contributed by atoms with Gasteiger partial charge >= 0.3 is 0 Å². The number of carbonyl (C=O) groups excluding carboxylic acids is 2. The third kappa shape index (κ3) is 2.20. The van der Waals surface area contributed by atoms with Crippen LogP contribution in [0.15, 0.2) is 11.6 Å². The van der Waals surface area contributed by atoms with Gasteiger partial charge in [-0.15, -0.1) is 0 Å². The van der Waals surface area contributed by atoms with Crippen molar-refractivity contribution in [2.75, 3.05) is 0 Å². The molecule has 0 aliphatic heterocycles. The number of ketones is 2. The molecule has 4 aliphatic rings. The highest BCUT2D eigenvalue weighted by atomic mass is 16.1. The molecule has 4 rings (SSSR count). The van der Waals surface area contributed by atoms with E-state index < -0.39 is 0 Å². The van der Waals surface area contributed by atoms with Gasteiger partial charge in [0, 0.05) is 12.3 Å². The van der Waals surface area contributed by atoms with E-state index in [-0.39, 0.29) is 5.41 Å². The minimum Gasteiger partial charge on any atom is -0.300 e. The molecule has 23 heavy (non-hydrogen) atoms. The van der Waals surface area contributed by atoms with E-state index in [0.29, 0.717) is 29.3 Å². The Kier molecular flexibility index (Phi) is 3.59. The summed E-state index contributed by atoms with van der Waals surface area (Å²) in [5.74, 6) is 4.52.